The summed E-state index contributed by atoms with van der Waals surface area (Å²) in [5, 5.41) is 3.41. The first kappa shape index (κ1) is 17.2. The molecule has 2 atom stereocenters. The van der Waals surface area contributed by atoms with E-state index >= 15 is 0 Å². The summed E-state index contributed by atoms with van der Waals surface area (Å²) in [4.78, 5) is 46.5. The molecule has 1 spiro atoms. The van der Waals surface area contributed by atoms with E-state index in [0.717, 1.165) is 58.6 Å². The fraction of sp³-hybridized carbons (Fsp3) is 0.429. The first-order chi connectivity index (χ1) is 13.4. The molecule has 3 aliphatic rings. The van der Waals surface area contributed by atoms with Crippen molar-refractivity contribution >= 4 is 34.6 Å². The van der Waals surface area contributed by atoms with Crippen molar-refractivity contribution < 1.29 is 14.4 Å². The number of nitrogens with one attached hydrogen (secondary N) is 1. The lowest BCUT2D eigenvalue weighted by Gasteiger charge is -2.52. The van der Waals surface area contributed by atoms with Gasteiger partial charge in [-0.3, -0.25) is 19.8 Å². The van der Waals surface area contributed by atoms with Gasteiger partial charge in [0.25, 0.3) is 0 Å². The van der Waals surface area contributed by atoms with Crippen molar-refractivity contribution in [1.29, 1.82) is 0 Å². The van der Waals surface area contributed by atoms with E-state index in [9.17, 15) is 14.4 Å². The summed E-state index contributed by atoms with van der Waals surface area (Å²) >= 11 is 0. The molecular formula is C21H22N4O3. The Hall–Kier alpha value is -2.96. The molecule has 1 aromatic carbocycles. The van der Waals surface area contributed by atoms with Crippen molar-refractivity contribution in [2.45, 2.75) is 38.6 Å². The summed E-state index contributed by atoms with van der Waals surface area (Å²) in [6, 6.07) is 7.23. The number of carbonyl (C=O) groups excluding carboxylic acids is 3. The number of imide groups is 2. The largest absolute Gasteiger partial charge is 0.352 e. The van der Waals surface area contributed by atoms with Crippen LogP contribution in [0.1, 0.15) is 30.4 Å². The molecule has 0 unspecified atom stereocenters. The first-order valence-electron chi connectivity index (χ1n) is 9.72. The maximum atomic E-state index is 13.3. The number of piperidine rings is 1. The maximum absolute atomic E-state index is 13.3. The standard InChI is InChI=1S/C21H22N4O3/c1-12-6-7-15-13(9-12)10-14-11-21(18(26)23-20(28)24(2)19(21)27)16-5-3-4-8-25(16)17(14)22-15/h6-7,9-10,16H,3-5,8,11H2,1-2H3,(H,23,26,28)/t16-,21+/m1/s1. The van der Waals surface area contributed by atoms with Gasteiger partial charge in [-0.1, -0.05) is 11.6 Å². The summed E-state index contributed by atoms with van der Waals surface area (Å²) < 4.78 is 0. The number of hydrogen-bond acceptors (Lipinski definition) is 5. The van der Waals surface area contributed by atoms with Gasteiger partial charge in [0, 0.05) is 25.4 Å². The maximum Gasteiger partial charge on any atom is 0.330 e. The lowest BCUT2D eigenvalue weighted by molar-refractivity contribution is -0.153. The quantitative estimate of drug-likeness (QED) is 0.711. The smallest absolute Gasteiger partial charge is 0.330 e. The Morgan fingerprint density at radius 2 is 2.00 bits per heavy atom. The SMILES string of the molecule is Cc1ccc2nc3c(cc2c1)C[C@@]1(C(=O)NC(=O)N(C)C1=O)[C@H]1CCCCN31. The zero-order chi connectivity index (χ0) is 19.6. The highest BCUT2D eigenvalue weighted by Gasteiger charge is 2.61. The molecule has 1 aromatic heterocycles. The third-order valence-electron chi connectivity index (χ3n) is 6.46. The second kappa shape index (κ2) is 5.77. The van der Waals surface area contributed by atoms with Crippen LogP contribution in [-0.4, -0.2) is 47.4 Å². The minimum absolute atomic E-state index is 0.267. The Morgan fingerprint density at radius 3 is 2.82 bits per heavy atom. The van der Waals surface area contributed by atoms with Gasteiger partial charge in [0.05, 0.1) is 11.6 Å². The predicted molar refractivity (Wildman–Crippen MR) is 104 cm³/mol. The van der Waals surface area contributed by atoms with Gasteiger partial charge in [-0.2, -0.15) is 0 Å². The van der Waals surface area contributed by atoms with Crippen LogP contribution in [0.4, 0.5) is 10.6 Å². The summed E-state index contributed by atoms with van der Waals surface area (Å²) in [7, 11) is 1.44. The number of amides is 4. The number of pyridine rings is 1. The topological polar surface area (TPSA) is 82.6 Å². The summed E-state index contributed by atoms with van der Waals surface area (Å²) in [6.45, 7) is 2.78. The number of carbonyl (C=O) groups is 3. The number of aryl methyl sites for hydroxylation is 1. The molecule has 4 amide bonds. The van der Waals surface area contributed by atoms with E-state index in [2.05, 4.69) is 16.3 Å². The van der Waals surface area contributed by atoms with E-state index in [4.69, 9.17) is 4.98 Å². The van der Waals surface area contributed by atoms with Gasteiger partial charge in [-0.05, 0) is 49.9 Å². The number of hydrogen-bond donors (Lipinski definition) is 1. The molecule has 2 saturated heterocycles. The minimum atomic E-state index is -1.28. The highest BCUT2D eigenvalue weighted by atomic mass is 16.2. The lowest BCUT2D eigenvalue weighted by Crippen LogP contribution is -2.72. The zero-order valence-electron chi connectivity index (χ0n) is 16.0. The molecule has 144 valence electrons. The third-order valence-corrected chi connectivity index (χ3v) is 6.46. The molecule has 3 aliphatic heterocycles. The highest BCUT2D eigenvalue weighted by Crippen LogP contribution is 2.47. The van der Waals surface area contributed by atoms with Crippen LogP contribution in [0.5, 0.6) is 0 Å². The van der Waals surface area contributed by atoms with Crippen molar-refractivity contribution in [2.75, 3.05) is 18.5 Å². The Bertz CT molecular complexity index is 1050. The second-order valence-corrected chi connectivity index (χ2v) is 8.14. The first-order valence-corrected chi connectivity index (χ1v) is 9.72. The van der Waals surface area contributed by atoms with E-state index in [-0.39, 0.29) is 12.5 Å². The van der Waals surface area contributed by atoms with E-state index in [0.29, 0.717) is 0 Å². The molecule has 4 heterocycles. The van der Waals surface area contributed by atoms with Crippen LogP contribution in [-0.2, 0) is 16.0 Å². The van der Waals surface area contributed by atoms with Crippen LogP contribution in [0.25, 0.3) is 10.9 Å². The predicted octanol–water partition coefficient (Wildman–Crippen LogP) is 2.15. The summed E-state index contributed by atoms with van der Waals surface area (Å²) in [6.07, 6.45) is 2.93. The monoisotopic (exact) mass is 378 g/mol. The van der Waals surface area contributed by atoms with E-state index in [1.54, 1.807) is 0 Å². The average Bonchev–Trinajstić information content (AvgIpc) is 2.69. The molecule has 7 heteroatoms. The van der Waals surface area contributed by atoms with E-state index in [1.165, 1.54) is 7.05 Å². The number of nitrogens with zero attached hydrogens (tertiary/aromatic N) is 3. The molecule has 0 bridgehead atoms. The fourth-order valence-corrected chi connectivity index (χ4v) is 5.05. The summed E-state index contributed by atoms with van der Waals surface area (Å²) in [5.41, 5.74) is 1.65. The molecule has 0 saturated carbocycles. The van der Waals surface area contributed by atoms with Crippen LogP contribution in [0.15, 0.2) is 24.3 Å². The molecule has 2 fully saturated rings. The number of anilines is 1. The van der Waals surface area contributed by atoms with Gasteiger partial charge in [0.15, 0.2) is 5.41 Å². The Kier molecular flexibility index (Phi) is 3.53. The minimum Gasteiger partial charge on any atom is -0.352 e. The van der Waals surface area contributed by atoms with Gasteiger partial charge in [-0.25, -0.2) is 9.78 Å². The normalized spacial score (nSPS) is 27.1. The van der Waals surface area contributed by atoms with Crippen molar-refractivity contribution in [1.82, 2.24) is 15.2 Å². The highest BCUT2D eigenvalue weighted by molar-refractivity contribution is 6.20. The van der Waals surface area contributed by atoms with Crippen molar-refractivity contribution in [3.8, 4) is 0 Å². The van der Waals surface area contributed by atoms with Crippen LogP contribution in [0, 0.1) is 12.3 Å². The van der Waals surface area contributed by atoms with Crippen molar-refractivity contribution in [3.63, 3.8) is 0 Å². The lowest BCUT2D eigenvalue weighted by atomic mass is 9.66. The Morgan fingerprint density at radius 1 is 1.18 bits per heavy atom. The molecule has 28 heavy (non-hydrogen) atoms. The summed E-state index contributed by atoms with van der Waals surface area (Å²) in [5.74, 6) is -0.0209. The van der Waals surface area contributed by atoms with Gasteiger partial charge < -0.3 is 4.90 Å². The fourth-order valence-electron chi connectivity index (χ4n) is 5.05. The van der Waals surface area contributed by atoms with E-state index in [1.807, 2.05) is 25.1 Å². The van der Waals surface area contributed by atoms with E-state index < -0.39 is 23.3 Å². The molecule has 1 N–H and O–H groups in total. The zero-order valence-corrected chi connectivity index (χ0v) is 16.0. The molecular weight excluding hydrogens is 356 g/mol. The number of barbiturate groups is 1. The number of benzene rings is 1. The molecule has 0 aliphatic carbocycles. The third kappa shape index (κ3) is 2.16. The van der Waals surface area contributed by atoms with Gasteiger partial charge >= 0.3 is 6.03 Å². The Balaban J connectivity index is 1.73. The molecule has 7 nitrogen and oxygen atoms in total. The van der Waals surface area contributed by atoms with Gasteiger partial charge in [-0.15, -0.1) is 0 Å². The van der Waals surface area contributed by atoms with Gasteiger partial charge in [0.2, 0.25) is 11.8 Å². The van der Waals surface area contributed by atoms with Crippen LogP contribution in [0.2, 0.25) is 0 Å². The molecule has 0 radical (unpaired) electrons. The van der Waals surface area contributed by atoms with Crippen LogP contribution in [0.3, 0.4) is 0 Å². The molecule has 2 aromatic rings. The van der Waals surface area contributed by atoms with Crippen LogP contribution < -0.4 is 10.2 Å². The Labute approximate surface area is 162 Å². The second-order valence-electron chi connectivity index (χ2n) is 8.14. The van der Waals surface area contributed by atoms with Gasteiger partial charge in [0.1, 0.15) is 5.82 Å². The number of urea groups is 1. The van der Waals surface area contributed by atoms with Crippen LogP contribution >= 0.6 is 0 Å². The average molecular weight is 378 g/mol. The van der Waals surface area contributed by atoms with Crippen molar-refractivity contribution in [2.24, 2.45) is 5.41 Å². The molecule has 5 rings (SSSR count). The van der Waals surface area contributed by atoms with Crippen molar-refractivity contribution in [3.05, 3.63) is 35.4 Å². The number of rotatable bonds is 0. The number of fused-ring (bicyclic) bond motifs is 5. The number of aromatic nitrogens is 1.